The molecule has 0 aliphatic carbocycles. The first-order valence-corrected chi connectivity index (χ1v) is 10.6. The van der Waals surface area contributed by atoms with Crippen LogP contribution in [0.5, 0.6) is 0 Å². The van der Waals surface area contributed by atoms with Crippen LogP contribution >= 0.6 is 0 Å². The van der Waals surface area contributed by atoms with Crippen LogP contribution in [0.1, 0.15) is 46.8 Å². The third kappa shape index (κ3) is 6.91. The van der Waals surface area contributed by atoms with Crippen molar-refractivity contribution in [2.75, 3.05) is 12.4 Å². The molecule has 3 aromatic rings. The SMILES string of the molecule is C[C@@H](OC(=O)N/C(=C(/N)c1ccc(NC(=O)c2ccc(C(F)F)nc2)cn1)N(C)N)c1cccnc1F. The minimum absolute atomic E-state index is 0.0353. The number of halogens is 3. The fourth-order valence-corrected chi connectivity index (χ4v) is 3.02. The van der Waals surface area contributed by atoms with Crippen molar-refractivity contribution in [3.63, 3.8) is 0 Å². The van der Waals surface area contributed by atoms with Crippen LogP contribution < -0.4 is 22.2 Å². The zero-order chi connectivity index (χ0) is 27.1. The van der Waals surface area contributed by atoms with Gasteiger partial charge in [-0.15, -0.1) is 0 Å². The van der Waals surface area contributed by atoms with Crippen molar-refractivity contribution in [3.8, 4) is 0 Å². The number of anilines is 1. The summed E-state index contributed by atoms with van der Waals surface area (Å²) >= 11 is 0. The fraction of sp³-hybridized carbons (Fsp3) is 0.174. The average molecular weight is 516 g/mol. The topological polar surface area (TPSA) is 161 Å². The Morgan fingerprint density at radius 2 is 1.84 bits per heavy atom. The zero-order valence-corrected chi connectivity index (χ0v) is 19.7. The molecule has 0 saturated carbocycles. The molecule has 194 valence electrons. The lowest BCUT2D eigenvalue weighted by atomic mass is 10.2. The first-order chi connectivity index (χ1) is 17.6. The number of rotatable bonds is 8. The maximum atomic E-state index is 13.8. The number of hydrogen-bond donors (Lipinski definition) is 4. The van der Waals surface area contributed by atoms with Gasteiger partial charge in [0.25, 0.3) is 12.3 Å². The third-order valence-corrected chi connectivity index (χ3v) is 4.91. The minimum Gasteiger partial charge on any atom is -0.441 e. The van der Waals surface area contributed by atoms with Crippen LogP contribution in [0, 0.1) is 5.95 Å². The van der Waals surface area contributed by atoms with E-state index in [1.807, 2.05) is 0 Å². The molecule has 0 bridgehead atoms. The maximum Gasteiger partial charge on any atom is 0.413 e. The molecule has 14 heteroatoms. The van der Waals surface area contributed by atoms with Gasteiger partial charge in [-0.25, -0.2) is 24.4 Å². The number of amides is 2. The highest BCUT2D eigenvalue weighted by atomic mass is 19.3. The number of aromatic nitrogens is 3. The summed E-state index contributed by atoms with van der Waals surface area (Å²) in [6, 6.07) is 8.15. The molecule has 3 aromatic heterocycles. The molecule has 3 rings (SSSR count). The number of hydrogen-bond acceptors (Lipinski definition) is 9. The Hall–Kier alpha value is -4.72. The smallest absolute Gasteiger partial charge is 0.413 e. The molecular formula is C23H23F3N8O3. The van der Waals surface area contributed by atoms with Crippen molar-refractivity contribution in [2.24, 2.45) is 11.6 Å². The molecule has 3 heterocycles. The van der Waals surface area contributed by atoms with Gasteiger partial charge in [-0.3, -0.25) is 25.1 Å². The van der Waals surface area contributed by atoms with E-state index in [4.69, 9.17) is 16.3 Å². The molecule has 0 saturated heterocycles. The lowest BCUT2D eigenvalue weighted by molar-refractivity contribution is 0.102. The van der Waals surface area contributed by atoms with Gasteiger partial charge in [-0.2, -0.15) is 4.39 Å². The molecule has 37 heavy (non-hydrogen) atoms. The molecule has 1 atom stereocenters. The summed E-state index contributed by atoms with van der Waals surface area (Å²) in [7, 11) is 1.41. The third-order valence-electron chi connectivity index (χ3n) is 4.91. The van der Waals surface area contributed by atoms with Gasteiger partial charge in [0.15, 0.2) is 5.82 Å². The van der Waals surface area contributed by atoms with Crippen molar-refractivity contribution in [2.45, 2.75) is 19.5 Å². The van der Waals surface area contributed by atoms with Gasteiger partial charge in [0, 0.05) is 25.0 Å². The second-order valence-corrected chi connectivity index (χ2v) is 7.59. The van der Waals surface area contributed by atoms with Gasteiger partial charge in [0.05, 0.1) is 23.1 Å². The van der Waals surface area contributed by atoms with Gasteiger partial charge < -0.3 is 15.8 Å². The number of alkyl carbamates (subject to hydrolysis) is 1. The van der Waals surface area contributed by atoms with Crippen LogP contribution in [0.3, 0.4) is 0 Å². The van der Waals surface area contributed by atoms with Gasteiger partial charge in [-0.05, 0) is 43.3 Å². The quantitative estimate of drug-likeness (QED) is 0.200. The van der Waals surface area contributed by atoms with E-state index in [2.05, 4.69) is 25.6 Å². The van der Waals surface area contributed by atoms with Gasteiger partial charge in [0.2, 0.25) is 5.95 Å². The molecule has 0 spiro atoms. The molecule has 0 radical (unpaired) electrons. The van der Waals surface area contributed by atoms with Crippen LogP contribution in [-0.2, 0) is 4.74 Å². The highest BCUT2D eigenvalue weighted by molar-refractivity contribution is 6.04. The van der Waals surface area contributed by atoms with Crippen LogP contribution in [0.4, 0.5) is 23.7 Å². The van der Waals surface area contributed by atoms with Crippen molar-refractivity contribution < 1.29 is 27.5 Å². The molecule has 0 aliphatic rings. The van der Waals surface area contributed by atoms with Crippen LogP contribution in [0.15, 0.2) is 60.8 Å². The van der Waals surface area contributed by atoms with Gasteiger partial charge >= 0.3 is 6.09 Å². The molecule has 0 aromatic carbocycles. The molecule has 11 nitrogen and oxygen atoms in total. The number of ether oxygens (including phenoxy) is 1. The number of pyridine rings is 3. The molecule has 2 amide bonds. The van der Waals surface area contributed by atoms with Crippen molar-refractivity contribution >= 4 is 23.4 Å². The minimum atomic E-state index is -2.74. The second-order valence-electron chi connectivity index (χ2n) is 7.59. The van der Waals surface area contributed by atoms with E-state index in [-0.39, 0.29) is 34.0 Å². The molecule has 0 unspecified atom stereocenters. The largest absolute Gasteiger partial charge is 0.441 e. The van der Waals surface area contributed by atoms with E-state index in [1.54, 1.807) is 0 Å². The second kappa shape index (κ2) is 11.8. The first-order valence-electron chi connectivity index (χ1n) is 10.6. The first kappa shape index (κ1) is 26.9. The standard InChI is InChI=1S/C23H23F3N8O3/c1-12(15-4-3-9-29-20(15)26)37-23(36)33-21(34(2)28)18(27)16-8-6-14(11-31-16)32-22(35)13-5-7-17(19(24)25)30-10-13/h3-12,19H,27-28H2,1-2H3,(H,32,35)(H,33,36)/b21-18-/t12-/m1/s1. The van der Waals surface area contributed by atoms with E-state index in [0.717, 1.165) is 17.3 Å². The summed E-state index contributed by atoms with van der Waals surface area (Å²) in [4.78, 5) is 35.9. The highest BCUT2D eigenvalue weighted by Gasteiger charge is 2.20. The van der Waals surface area contributed by atoms with Gasteiger partial charge in [0.1, 0.15) is 17.5 Å². The van der Waals surface area contributed by atoms with Crippen LogP contribution in [0.2, 0.25) is 0 Å². The van der Waals surface area contributed by atoms with E-state index >= 15 is 0 Å². The van der Waals surface area contributed by atoms with Crippen LogP contribution in [0.25, 0.3) is 5.70 Å². The summed E-state index contributed by atoms with van der Waals surface area (Å²) in [6.45, 7) is 1.47. The Bertz CT molecular complexity index is 1290. The van der Waals surface area contributed by atoms with E-state index in [1.165, 1.54) is 56.7 Å². The summed E-state index contributed by atoms with van der Waals surface area (Å²) in [5, 5.41) is 5.98. The number of nitrogens with two attached hydrogens (primary N) is 2. The fourth-order valence-electron chi connectivity index (χ4n) is 3.02. The lowest BCUT2D eigenvalue weighted by Crippen LogP contribution is -2.39. The molecule has 0 aliphatic heterocycles. The summed E-state index contributed by atoms with van der Waals surface area (Å²) in [5.41, 5.74) is 6.28. The zero-order valence-electron chi connectivity index (χ0n) is 19.7. The highest BCUT2D eigenvalue weighted by Crippen LogP contribution is 2.20. The summed E-state index contributed by atoms with van der Waals surface area (Å²) in [5.74, 6) is 4.38. The monoisotopic (exact) mass is 516 g/mol. The number of carbonyl (C=O) groups is 2. The van der Waals surface area contributed by atoms with Crippen molar-refractivity contribution in [1.82, 2.24) is 25.3 Å². The maximum absolute atomic E-state index is 13.8. The van der Waals surface area contributed by atoms with Gasteiger partial charge in [-0.1, -0.05) is 0 Å². The Kier molecular flexibility index (Phi) is 8.58. The molecular weight excluding hydrogens is 493 g/mol. The predicted molar refractivity (Wildman–Crippen MR) is 127 cm³/mol. The van der Waals surface area contributed by atoms with E-state index in [9.17, 15) is 22.8 Å². The van der Waals surface area contributed by atoms with Crippen LogP contribution in [-0.4, -0.2) is 39.0 Å². The summed E-state index contributed by atoms with van der Waals surface area (Å²) < 4.78 is 44.3. The van der Waals surface area contributed by atoms with E-state index in [0.29, 0.717) is 0 Å². The average Bonchev–Trinajstić information content (AvgIpc) is 2.87. The number of carbonyl (C=O) groups excluding carboxylic acids is 2. The van der Waals surface area contributed by atoms with Crippen molar-refractivity contribution in [1.29, 1.82) is 0 Å². The Labute approximate surface area is 209 Å². The normalized spacial score (nSPS) is 12.4. The number of hydrazine groups is 1. The molecule has 6 N–H and O–H groups in total. The Morgan fingerprint density at radius 1 is 1.08 bits per heavy atom. The number of nitrogens with one attached hydrogen (secondary N) is 2. The lowest BCUT2D eigenvalue weighted by Gasteiger charge is -2.21. The Morgan fingerprint density at radius 3 is 2.41 bits per heavy atom. The number of nitrogens with zero attached hydrogens (tertiary/aromatic N) is 4. The van der Waals surface area contributed by atoms with E-state index < -0.39 is 36.2 Å². The Balaban J connectivity index is 1.69. The predicted octanol–water partition coefficient (Wildman–Crippen LogP) is 3.08. The summed E-state index contributed by atoms with van der Waals surface area (Å²) in [6.07, 6.45) is -1.06. The molecule has 0 fully saturated rings. The number of alkyl halides is 2. The van der Waals surface area contributed by atoms with Crippen molar-refractivity contribution in [3.05, 3.63) is 89.3 Å².